The average molecular weight is 234 g/mol. The quantitative estimate of drug-likeness (QED) is 0.630. The van der Waals surface area contributed by atoms with Crippen molar-refractivity contribution >= 4 is 11.6 Å². The van der Waals surface area contributed by atoms with E-state index < -0.39 is 4.92 Å². The lowest BCUT2D eigenvalue weighted by Gasteiger charge is -2.15. The van der Waals surface area contributed by atoms with Crippen LogP contribution in [0.3, 0.4) is 0 Å². The Morgan fingerprint density at radius 1 is 1.29 bits per heavy atom. The van der Waals surface area contributed by atoms with Crippen LogP contribution >= 0.6 is 0 Å². The zero-order chi connectivity index (χ0) is 12.3. The van der Waals surface area contributed by atoms with Gasteiger partial charge in [-0.3, -0.25) is 14.9 Å². The molecule has 5 heteroatoms. The monoisotopic (exact) mass is 234 g/mol. The second-order valence-electron chi connectivity index (χ2n) is 4.18. The second kappa shape index (κ2) is 4.95. The van der Waals surface area contributed by atoms with Gasteiger partial charge in [-0.1, -0.05) is 24.6 Å². The molecule has 0 bridgehead atoms. The second-order valence-corrected chi connectivity index (χ2v) is 4.18. The maximum atomic E-state index is 11.5. The van der Waals surface area contributed by atoms with E-state index in [1.807, 2.05) is 0 Å². The number of para-hydroxylation sites is 1. The van der Waals surface area contributed by atoms with Crippen LogP contribution in [0.1, 0.15) is 37.3 Å². The van der Waals surface area contributed by atoms with E-state index in [4.69, 9.17) is 0 Å². The summed E-state index contributed by atoms with van der Waals surface area (Å²) in [6.07, 6.45) is 3.03. The fourth-order valence-electron chi connectivity index (χ4n) is 2.15. The Morgan fingerprint density at radius 2 is 2.06 bits per heavy atom. The highest BCUT2D eigenvalue weighted by Crippen LogP contribution is 2.29. The van der Waals surface area contributed by atoms with Crippen LogP contribution < -0.4 is 5.32 Å². The van der Waals surface area contributed by atoms with Gasteiger partial charge >= 0.3 is 0 Å². The first-order valence-electron chi connectivity index (χ1n) is 5.71. The topological polar surface area (TPSA) is 72.2 Å². The van der Waals surface area contributed by atoms with E-state index >= 15 is 0 Å². The van der Waals surface area contributed by atoms with Gasteiger partial charge in [0.2, 0.25) is 5.91 Å². The highest BCUT2D eigenvalue weighted by atomic mass is 16.6. The molecular formula is C12H14N2O3. The maximum absolute atomic E-state index is 11.5. The largest absolute Gasteiger partial charge is 0.349 e. The Balaban J connectivity index is 2.31. The van der Waals surface area contributed by atoms with Crippen LogP contribution in [0, 0.1) is 10.1 Å². The predicted molar refractivity (Wildman–Crippen MR) is 62.4 cm³/mol. The molecule has 17 heavy (non-hydrogen) atoms. The van der Waals surface area contributed by atoms with Crippen LogP contribution in [0.5, 0.6) is 0 Å². The molecule has 1 aromatic rings. The Kier molecular flexibility index (Phi) is 3.37. The van der Waals surface area contributed by atoms with Gasteiger partial charge in [-0.2, -0.15) is 0 Å². The molecule has 0 radical (unpaired) electrons. The molecule has 1 atom stereocenters. The molecule has 1 aliphatic heterocycles. The third-order valence-corrected chi connectivity index (χ3v) is 2.99. The Morgan fingerprint density at radius 3 is 2.82 bits per heavy atom. The Bertz CT molecular complexity index is 445. The van der Waals surface area contributed by atoms with Crippen LogP contribution in [-0.4, -0.2) is 10.8 Å². The summed E-state index contributed by atoms with van der Waals surface area (Å²) in [6.45, 7) is 0. The summed E-state index contributed by atoms with van der Waals surface area (Å²) in [5.41, 5.74) is 0.687. The molecular weight excluding hydrogens is 220 g/mol. The van der Waals surface area contributed by atoms with Crippen molar-refractivity contribution in [3.63, 3.8) is 0 Å². The molecule has 0 aromatic heterocycles. The van der Waals surface area contributed by atoms with E-state index in [-0.39, 0.29) is 17.6 Å². The third kappa shape index (κ3) is 2.61. The number of benzene rings is 1. The first-order valence-corrected chi connectivity index (χ1v) is 5.71. The highest BCUT2D eigenvalue weighted by Gasteiger charge is 2.24. The van der Waals surface area contributed by atoms with Gasteiger partial charge in [0.05, 0.1) is 16.5 Å². The molecule has 1 unspecified atom stereocenters. The third-order valence-electron chi connectivity index (χ3n) is 2.99. The summed E-state index contributed by atoms with van der Waals surface area (Å²) in [5, 5.41) is 13.8. The smallest absolute Gasteiger partial charge is 0.274 e. The molecule has 2 rings (SSSR count). The van der Waals surface area contributed by atoms with Gasteiger partial charge in [-0.05, 0) is 12.8 Å². The van der Waals surface area contributed by atoms with Crippen molar-refractivity contribution in [1.82, 2.24) is 5.32 Å². The van der Waals surface area contributed by atoms with E-state index in [0.717, 1.165) is 19.3 Å². The van der Waals surface area contributed by atoms with Crippen molar-refractivity contribution in [2.75, 3.05) is 0 Å². The zero-order valence-corrected chi connectivity index (χ0v) is 9.39. The SMILES string of the molecule is O=C1CCCCC(c2ccccc2[N+](=O)[O-])N1. The summed E-state index contributed by atoms with van der Waals surface area (Å²) in [5.74, 6) is -0.0225. The normalized spacial score (nSPS) is 20.5. The van der Waals surface area contributed by atoms with Crippen molar-refractivity contribution in [2.45, 2.75) is 31.7 Å². The van der Waals surface area contributed by atoms with Crippen molar-refractivity contribution in [3.05, 3.63) is 39.9 Å². The molecule has 0 aliphatic carbocycles. The van der Waals surface area contributed by atoms with Crippen molar-refractivity contribution < 1.29 is 9.72 Å². The molecule has 0 spiro atoms. The van der Waals surface area contributed by atoms with Crippen LogP contribution in [0.25, 0.3) is 0 Å². The number of nitrogens with zero attached hydrogens (tertiary/aromatic N) is 1. The summed E-state index contributed by atoms with van der Waals surface area (Å²) < 4.78 is 0. The molecule has 1 aromatic carbocycles. The number of nitro benzene ring substituents is 1. The lowest BCUT2D eigenvalue weighted by atomic mass is 10.0. The fraction of sp³-hybridized carbons (Fsp3) is 0.417. The fourth-order valence-corrected chi connectivity index (χ4v) is 2.15. The minimum Gasteiger partial charge on any atom is -0.349 e. The van der Waals surface area contributed by atoms with Gasteiger partial charge in [-0.15, -0.1) is 0 Å². The van der Waals surface area contributed by atoms with Crippen LogP contribution in [0.15, 0.2) is 24.3 Å². The number of nitro groups is 1. The highest BCUT2D eigenvalue weighted by molar-refractivity contribution is 5.76. The number of amides is 1. The maximum Gasteiger partial charge on any atom is 0.274 e. The molecule has 1 fully saturated rings. The number of hydrogen-bond donors (Lipinski definition) is 1. The lowest BCUT2D eigenvalue weighted by Crippen LogP contribution is -2.26. The van der Waals surface area contributed by atoms with Gasteiger partial charge in [0.1, 0.15) is 0 Å². The number of carbonyl (C=O) groups excluding carboxylic acids is 1. The zero-order valence-electron chi connectivity index (χ0n) is 9.39. The van der Waals surface area contributed by atoms with E-state index in [2.05, 4.69) is 5.32 Å². The molecule has 1 aliphatic rings. The summed E-state index contributed by atoms with van der Waals surface area (Å²) in [4.78, 5) is 22.0. The summed E-state index contributed by atoms with van der Waals surface area (Å²) in [6, 6.07) is 6.37. The lowest BCUT2D eigenvalue weighted by molar-refractivity contribution is -0.385. The predicted octanol–water partition coefficient (Wildman–Crippen LogP) is 2.33. The summed E-state index contributed by atoms with van der Waals surface area (Å²) >= 11 is 0. The number of carbonyl (C=O) groups is 1. The molecule has 1 heterocycles. The van der Waals surface area contributed by atoms with Gasteiger partial charge in [0.15, 0.2) is 0 Å². The molecule has 0 saturated carbocycles. The van der Waals surface area contributed by atoms with Crippen LogP contribution in [-0.2, 0) is 4.79 Å². The average Bonchev–Trinajstić information content (AvgIpc) is 2.54. The molecule has 5 nitrogen and oxygen atoms in total. The van der Waals surface area contributed by atoms with Crippen molar-refractivity contribution in [1.29, 1.82) is 0 Å². The van der Waals surface area contributed by atoms with E-state index in [1.54, 1.807) is 18.2 Å². The van der Waals surface area contributed by atoms with Gasteiger partial charge in [0, 0.05) is 12.5 Å². The molecule has 1 saturated heterocycles. The molecule has 1 N–H and O–H groups in total. The number of rotatable bonds is 2. The van der Waals surface area contributed by atoms with Gasteiger partial charge in [-0.25, -0.2) is 0 Å². The number of hydrogen-bond acceptors (Lipinski definition) is 3. The Labute approximate surface area is 99.0 Å². The van der Waals surface area contributed by atoms with E-state index in [9.17, 15) is 14.9 Å². The minimum absolute atomic E-state index is 0.0225. The minimum atomic E-state index is -0.396. The molecule has 1 amide bonds. The Hall–Kier alpha value is -1.91. The molecule has 90 valence electrons. The number of nitrogens with one attached hydrogen (secondary N) is 1. The van der Waals surface area contributed by atoms with Gasteiger partial charge in [0.25, 0.3) is 5.69 Å². The van der Waals surface area contributed by atoms with E-state index in [1.165, 1.54) is 6.07 Å². The van der Waals surface area contributed by atoms with Crippen molar-refractivity contribution in [2.24, 2.45) is 0 Å². The van der Waals surface area contributed by atoms with E-state index in [0.29, 0.717) is 12.0 Å². The van der Waals surface area contributed by atoms with Crippen LogP contribution in [0.2, 0.25) is 0 Å². The van der Waals surface area contributed by atoms with Crippen LogP contribution in [0.4, 0.5) is 5.69 Å². The first kappa shape index (κ1) is 11.6. The first-order chi connectivity index (χ1) is 8.18. The van der Waals surface area contributed by atoms with Gasteiger partial charge < -0.3 is 5.32 Å². The standard InChI is InChI=1S/C12H14N2O3/c15-12-8-4-2-6-10(13-12)9-5-1-3-7-11(9)14(16)17/h1,3,5,7,10H,2,4,6,8H2,(H,13,15). The van der Waals surface area contributed by atoms with Crippen molar-refractivity contribution in [3.8, 4) is 0 Å². The summed E-state index contributed by atoms with van der Waals surface area (Å²) in [7, 11) is 0.